The first-order valence-corrected chi connectivity index (χ1v) is 6.66. The monoisotopic (exact) mass is 228 g/mol. The van der Waals surface area contributed by atoms with E-state index in [2.05, 4.69) is 37.9 Å². The molecule has 0 aliphatic carbocycles. The molecule has 0 aromatic rings. The molecule has 1 saturated heterocycles. The minimum Gasteiger partial charge on any atom is -0.378 e. The molecule has 1 heterocycles. The van der Waals surface area contributed by atoms with Crippen LogP contribution >= 0.6 is 0 Å². The molecule has 3 nitrogen and oxygen atoms in total. The number of nitrogens with one attached hydrogen (secondary N) is 1. The highest BCUT2D eigenvalue weighted by Crippen LogP contribution is 2.16. The highest BCUT2D eigenvalue weighted by atomic mass is 16.5. The molecule has 16 heavy (non-hydrogen) atoms. The zero-order valence-corrected chi connectivity index (χ0v) is 11.4. The van der Waals surface area contributed by atoms with Crippen LogP contribution in [-0.4, -0.2) is 49.3 Å². The van der Waals surface area contributed by atoms with Gasteiger partial charge in [-0.2, -0.15) is 0 Å². The maximum atomic E-state index is 5.67. The van der Waals surface area contributed by atoms with Crippen LogP contribution in [0, 0.1) is 0 Å². The van der Waals surface area contributed by atoms with Crippen molar-refractivity contribution in [1.82, 2.24) is 10.2 Å². The number of rotatable bonds is 6. The van der Waals surface area contributed by atoms with Crippen molar-refractivity contribution in [2.24, 2.45) is 0 Å². The van der Waals surface area contributed by atoms with Gasteiger partial charge in [-0.05, 0) is 40.2 Å². The molecule has 1 N–H and O–H groups in total. The molecule has 0 atom stereocenters. The van der Waals surface area contributed by atoms with Crippen molar-refractivity contribution in [1.29, 1.82) is 0 Å². The molecule has 96 valence electrons. The summed E-state index contributed by atoms with van der Waals surface area (Å²) >= 11 is 0. The molecule has 1 aliphatic heterocycles. The number of nitrogens with zero attached hydrogens (tertiary/aromatic N) is 1. The van der Waals surface area contributed by atoms with Crippen LogP contribution in [0.5, 0.6) is 0 Å². The smallest absolute Gasteiger partial charge is 0.0599 e. The third-order valence-electron chi connectivity index (χ3n) is 3.21. The van der Waals surface area contributed by atoms with Crippen LogP contribution in [0.1, 0.15) is 40.5 Å². The number of hydrogen-bond acceptors (Lipinski definition) is 3. The van der Waals surface area contributed by atoms with Gasteiger partial charge in [-0.25, -0.2) is 0 Å². The predicted octanol–water partition coefficient (Wildman–Crippen LogP) is 1.88. The first-order valence-electron chi connectivity index (χ1n) is 6.66. The summed E-state index contributed by atoms with van der Waals surface area (Å²) in [5.74, 6) is 0. The Labute approximate surface area is 101 Å². The van der Waals surface area contributed by atoms with E-state index in [0.717, 1.165) is 19.7 Å². The van der Waals surface area contributed by atoms with E-state index in [1.54, 1.807) is 0 Å². The molecule has 0 radical (unpaired) electrons. The lowest BCUT2D eigenvalue weighted by molar-refractivity contribution is 0.00944. The topological polar surface area (TPSA) is 24.5 Å². The fraction of sp³-hybridized carbons (Fsp3) is 1.00. The molecule has 0 bridgehead atoms. The van der Waals surface area contributed by atoms with E-state index >= 15 is 0 Å². The Morgan fingerprint density at radius 1 is 1.25 bits per heavy atom. The number of likely N-dealkylation sites (tertiary alicyclic amines) is 1. The lowest BCUT2D eigenvalue weighted by Gasteiger charge is -2.37. The molecule has 0 unspecified atom stereocenters. The third-order valence-corrected chi connectivity index (χ3v) is 3.21. The SMILES string of the molecule is CCNC(C)(C)CN1CCC(OCC)CC1. The third kappa shape index (κ3) is 4.81. The van der Waals surface area contributed by atoms with Gasteiger partial charge < -0.3 is 15.0 Å². The summed E-state index contributed by atoms with van der Waals surface area (Å²) < 4.78 is 5.67. The Balaban J connectivity index is 2.26. The molecule has 0 spiro atoms. The number of likely N-dealkylation sites (N-methyl/N-ethyl adjacent to an activating group) is 1. The summed E-state index contributed by atoms with van der Waals surface area (Å²) in [6.45, 7) is 14.2. The number of ether oxygens (including phenoxy) is 1. The summed E-state index contributed by atoms with van der Waals surface area (Å²) in [7, 11) is 0. The van der Waals surface area contributed by atoms with E-state index in [4.69, 9.17) is 4.74 Å². The molecule has 0 saturated carbocycles. The second kappa shape index (κ2) is 6.58. The Bertz CT molecular complexity index is 186. The Kier molecular flexibility index (Phi) is 5.73. The molecule has 3 heteroatoms. The zero-order chi connectivity index (χ0) is 12.0. The second-order valence-electron chi connectivity index (χ2n) is 5.35. The van der Waals surface area contributed by atoms with Crippen molar-refractivity contribution >= 4 is 0 Å². The number of hydrogen-bond donors (Lipinski definition) is 1. The van der Waals surface area contributed by atoms with Gasteiger partial charge in [-0.3, -0.25) is 0 Å². The highest BCUT2D eigenvalue weighted by Gasteiger charge is 2.24. The minimum atomic E-state index is 0.229. The Morgan fingerprint density at radius 3 is 2.38 bits per heavy atom. The average Bonchev–Trinajstić information content (AvgIpc) is 2.21. The van der Waals surface area contributed by atoms with Gasteiger partial charge in [-0.15, -0.1) is 0 Å². The van der Waals surface area contributed by atoms with Crippen LogP contribution in [-0.2, 0) is 4.74 Å². The van der Waals surface area contributed by atoms with Crippen LogP contribution in [0.2, 0.25) is 0 Å². The van der Waals surface area contributed by atoms with Crippen LogP contribution in [0.15, 0.2) is 0 Å². The largest absolute Gasteiger partial charge is 0.378 e. The summed E-state index contributed by atoms with van der Waals surface area (Å²) in [4.78, 5) is 2.55. The van der Waals surface area contributed by atoms with E-state index in [0.29, 0.717) is 6.10 Å². The van der Waals surface area contributed by atoms with Gasteiger partial charge >= 0.3 is 0 Å². The molecule has 0 aromatic heterocycles. The maximum absolute atomic E-state index is 5.67. The lowest BCUT2D eigenvalue weighted by Crippen LogP contribution is -2.51. The van der Waals surface area contributed by atoms with E-state index < -0.39 is 0 Å². The molecule has 1 rings (SSSR count). The molecule has 1 aliphatic rings. The normalized spacial score (nSPS) is 20.2. The van der Waals surface area contributed by atoms with Crippen molar-refractivity contribution in [2.75, 3.05) is 32.8 Å². The van der Waals surface area contributed by atoms with E-state index in [1.165, 1.54) is 25.9 Å². The van der Waals surface area contributed by atoms with Crippen LogP contribution in [0.25, 0.3) is 0 Å². The van der Waals surface area contributed by atoms with Gasteiger partial charge in [0.2, 0.25) is 0 Å². The minimum absolute atomic E-state index is 0.229. The van der Waals surface area contributed by atoms with Gasteiger partial charge in [0.15, 0.2) is 0 Å². The first-order chi connectivity index (χ1) is 7.57. The quantitative estimate of drug-likeness (QED) is 0.751. The molecule has 0 amide bonds. The van der Waals surface area contributed by atoms with Gasteiger partial charge in [0.05, 0.1) is 6.10 Å². The predicted molar refractivity (Wildman–Crippen MR) is 68.8 cm³/mol. The number of piperidine rings is 1. The van der Waals surface area contributed by atoms with Crippen LogP contribution in [0.3, 0.4) is 0 Å². The van der Waals surface area contributed by atoms with Gasteiger partial charge in [0.25, 0.3) is 0 Å². The van der Waals surface area contributed by atoms with Crippen molar-refractivity contribution in [3.63, 3.8) is 0 Å². The van der Waals surface area contributed by atoms with Gasteiger partial charge in [-0.1, -0.05) is 6.92 Å². The lowest BCUT2D eigenvalue weighted by atomic mass is 10.0. The van der Waals surface area contributed by atoms with Crippen molar-refractivity contribution in [2.45, 2.75) is 52.2 Å². The molecule has 1 fully saturated rings. The maximum Gasteiger partial charge on any atom is 0.0599 e. The highest BCUT2D eigenvalue weighted by molar-refractivity contribution is 4.83. The standard InChI is InChI=1S/C13H28N2O/c1-5-14-13(3,4)11-15-9-7-12(8-10-15)16-6-2/h12,14H,5-11H2,1-4H3. The van der Waals surface area contributed by atoms with E-state index in [9.17, 15) is 0 Å². The van der Waals surface area contributed by atoms with Crippen LogP contribution < -0.4 is 5.32 Å². The summed E-state index contributed by atoms with van der Waals surface area (Å²) in [5, 5.41) is 3.53. The van der Waals surface area contributed by atoms with Crippen molar-refractivity contribution in [3.05, 3.63) is 0 Å². The average molecular weight is 228 g/mol. The van der Waals surface area contributed by atoms with Crippen molar-refractivity contribution < 1.29 is 4.74 Å². The summed E-state index contributed by atoms with van der Waals surface area (Å²) in [6.07, 6.45) is 2.88. The van der Waals surface area contributed by atoms with E-state index in [-0.39, 0.29) is 5.54 Å². The van der Waals surface area contributed by atoms with E-state index in [1.807, 2.05) is 0 Å². The zero-order valence-electron chi connectivity index (χ0n) is 11.4. The van der Waals surface area contributed by atoms with Gasteiger partial charge in [0.1, 0.15) is 0 Å². The summed E-state index contributed by atoms with van der Waals surface area (Å²) in [5.41, 5.74) is 0.229. The van der Waals surface area contributed by atoms with Crippen LogP contribution in [0.4, 0.5) is 0 Å². The van der Waals surface area contributed by atoms with Gasteiger partial charge in [0, 0.05) is 31.8 Å². The fourth-order valence-electron chi connectivity index (χ4n) is 2.56. The second-order valence-corrected chi connectivity index (χ2v) is 5.35. The molecule has 0 aromatic carbocycles. The Hall–Kier alpha value is -0.120. The molecular formula is C13H28N2O. The Morgan fingerprint density at radius 2 is 1.88 bits per heavy atom. The first kappa shape index (κ1) is 13.9. The van der Waals surface area contributed by atoms with Crippen molar-refractivity contribution in [3.8, 4) is 0 Å². The fourth-order valence-corrected chi connectivity index (χ4v) is 2.56. The summed E-state index contributed by atoms with van der Waals surface area (Å²) in [6, 6.07) is 0. The molecular weight excluding hydrogens is 200 g/mol.